The number of ether oxygens (including phenoxy) is 1. The molecule has 5 rings (SSSR count). The summed E-state index contributed by atoms with van der Waals surface area (Å²) in [4.78, 5) is 37.9. The average Bonchev–Trinajstić information content (AvgIpc) is 2.89. The van der Waals surface area contributed by atoms with Gasteiger partial charge in [0.05, 0.1) is 30.5 Å². The second-order valence-electron chi connectivity index (χ2n) is 9.00. The molecule has 180 valence electrons. The Morgan fingerprint density at radius 2 is 1.89 bits per heavy atom. The predicted molar refractivity (Wildman–Crippen MR) is 134 cm³/mol. The van der Waals surface area contributed by atoms with Crippen molar-refractivity contribution >= 4 is 23.3 Å². The average molecular weight is 472 g/mol. The number of morpholine rings is 1. The summed E-state index contributed by atoms with van der Waals surface area (Å²) >= 11 is 0. The fourth-order valence-corrected chi connectivity index (χ4v) is 4.91. The molecule has 4 heterocycles. The maximum Gasteiger partial charge on any atom is 0.255 e. The van der Waals surface area contributed by atoms with Gasteiger partial charge in [0.2, 0.25) is 5.91 Å². The van der Waals surface area contributed by atoms with Crippen molar-refractivity contribution < 1.29 is 14.3 Å². The standard InChI is InChI=1S/C27H29N5O3/c1-18-15-24(30-26-5-3-4-10-28-26)22-16-20(7-9-25(22)32(18)19(2)33)23-8-6-21(17-29-23)27(34)31-11-13-35-14-12-31/h3-10,16-18,24H,11-15H2,1-2H3,(H,28,30)/t18-,24+/m0/s1. The van der Waals surface area contributed by atoms with Crippen LogP contribution in [0.5, 0.6) is 0 Å². The number of rotatable bonds is 4. The smallest absolute Gasteiger partial charge is 0.255 e. The predicted octanol–water partition coefficient (Wildman–Crippen LogP) is 3.91. The first-order chi connectivity index (χ1) is 17.0. The van der Waals surface area contributed by atoms with E-state index in [0.29, 0.717) is 31.9 Å². The second-order valence-corrected chi connectivity index (χ2v) is 9.00. The van der Waals surface area contributed by atoms with Crippen LogP contribution in [0.1, 0.15) is 42.2 Å². The number of nitrogens with one attached hydrogen (secondary N) is 1. The lowest BCUT2D eigenvalue weighted by molar-refractivity contribution is -0.117. The minimum absolute atomic E-state index is 0.00683. The van der Waals surface area contributed by atoms with E-state index in [1.54, 1.807) is 24.2 Å². The highest BCUT2D eigenvalue weighted by Gasteiger charge is 2.33. The monoisotopic (exact) mass is 471 g/mol. The summed E-state index contributed by atoms with van der Waals surface area (Å²) in [6.07, 6.45) is 4.16. The SMILES string of the molecule is CC(=O)N1c2ccc(-c3ccc(C(=O)N4CCOCC4)cn3)cc2[C@H](Nc2ccccn2)C[C@@H]1C. The zero-order valence-electron chi connectivity index (χ0n) is 20.0. The maximum absolute atomic E-state index is 12.8. The highest BCUT2D eigenvalue weighted by molar-refractivity contribution is 5.95. The van der Waals surface area contributed by atoms with E-state index in [1.165, 1.54) is 0 Å². The summed E-state index contributed by atoms with van der Waals surface area (Å²) in [6.45, 7) is 6.00. The van der Waals surface area contributed by atoms with Crippen molar-refractivity contribution in [3.63, 3.8) is 0 Å². The molecule has 0 aliphatic carbocycles. The van der Waals surface area contributed by atoms with Gasteiger partial charge in [-0.25, -0.2) is 4.98 Å². The number of hydrogen-bond donors (Lipinski definition) is 1. The molecule has 35 heavy (non-hydrogen) atoms. The van der Waals surface area contributed by atoms with Gasteiger partial charge in [0, 0.05) is 49.7 Å². The van der Waals surface area contributed by atoms with Crippen molar-refractivity contribution in [2.75, 3.05) is 36.5 Å². The first-order valence-electron chi connectivity index (χ1n) is 12.0. The van der Waals surface area contributed by atoms with Gasteiger partial charge in [-0.05, 0) is 55.3 Å². The summed E-state index contributed by atoms with van der Waals surface area (Å²) in [5, 5.41) is 3.54. The van der Waals surface area contributed by atoms with Crippen molar-refractivity contribution in [1.29, 1.82) is 0 Å². The summed E-state index contributed by atoms with van der Waals surface area (Å²) in [6, 6.07) is 15.6. The summed E-state index contributed by atoms with van der Waals surface area (Å²) in [5.41, 5.74) is 4.19. The number of hydrogen-bond acceptors (Lipinski definition) is 6. The summed E-state index contributed by atoms with van der Waals surface area (Å²) in [5.74, 6) is 0.789. The third kappa shape index (κ3) is 4.74. The first kappa shape index (κ1) is 23.0. The number of nitrogens with zero attached hydrogens (tertiary/aromatic N) is 4. The first-order valence-corrected chi connectivity index (χ1v) is 12.0. The number of anilines is 2. The number of pyridine rings is 2. The molecule has 0 saturated carbocycles. The quantitative estimate of drug-likeness (QED) is 0.621. The zero-order chi connectivity index (χ0) is 24.4. The lowest BCUT2D eigenvalue weighted by atomic mass is 9.89. The molecule has 2 amide bonds. The van der Waals surface area contributed by atoms with E-state index in [-0.39, 0.29) is 23.9 Å². The van der Waals surface area contributed by atoms with Crippen molar-refractivity contribution in [3.8, 4) is 11.3 Å². The minimum Gasteiger partial charge on any atom is -0.378 e. The van der Waals surface area contributed by atoms with Crippen LogP contribution in [0, 0.1) is 0 Å². The number of aromatic nitrogens is 2. The van der Waals surface area contributed by atoms with E-state index in [0.717, 1.165) is 34.7 Å². The van der Waals surface area contributed by atoms with E-state index in [4.69, 9.17) is 4.74 Å². The third-order valence-corrected chi connectivity index (χ3v) is 6.61. The molecule has 8 heteroatoms. The Morgan fingerprint density at radius 3 is 2.57 bits per heavy atom. The van der Waals surface area contributed by atoms with E-state index in [1.807, 2.05) is 47.4 Å². The topological polar surface area (TPSA) is 87.7 Å². The van der Waals surface area contributed by atoms with Crippen LogP contribution in [0.4, 0.5) is 11.5 Å². The molecule has 1 fully saturated rings. The van der Waals surface area contributed by atoms with Gasteiger partial charge >= 0.3 is 0 Å². The molecule has 1 aromatic carbocycles. The fourth-order valence-electron chi connectivity index (χ4n) is 4.91. The van der Waals surface area contributed by atoms with Gasteiger partial charge in [-0.2, -0.15) is 0 Å². The maximum atomic E-state index is 12.8. The molecule has 3 aromatic rings. The van der Waals surface area contributed by atoms with Crippen LogP contribution in [0.3, 0.4) is 0 Å². The van der Waals surface area contributed by atoms with Crippen molar-refractivity contribution in [2.24, 2.45) is 0 Å². The van der Waals surface area contributed by atoms with Crippen LogP contribution in [0.15, 0.2) is 60.9 Å². The number of fused-ring (bicyclic) bond motifs is 1. The van der Waals surface area contributed by atoms with Gasteiger partial charge in [0.1, 0.15) is 5.82 Å². The minimum atomic E-state index is -0.0245. The lowest BCUT2D eigenvalue weighted by Gasteiger charge is -2.39. The van der Waals surface area contributed by atoms with Crippen molar-refractivity contribution in [3.05, 3.63) is 72.1 Å². The second kappa shape index (κ2) is 9.84. The number of benzene rings is 1. The van der Waals surface area contributed by atoms with Crippen molar-refractivity contribution in [1.82, 2.24) is 14.9 Å². The Bertz CT molecular complexity index is 1210. The molecule has 0 radical (unpaired) electrons. The van der Waals surface area contributed by atoms with Gasteiger partial charge in [0.15, 0.2) is 0 Å². The van der Waals surface area contributed by atoms with Gasteiger partial charge in [0.25, 0.3) is 5.91 Å². The van der Waals surface area contributed by atoms with E-state index in [9.17, 15) is 9.59 Å². The van der Waals surface area contributed by atoms with Crippen LogP contribution in [0.25, 0.3) is 11.3 Å². The third-order valence-electron chi connectivity index (χ3n) is 6.61. The molecule has 8 nitrogen and oxygen atoms in total. The van der Waals surface area contributed by atoms with Gasteiger partial charge in [-0.3, -0.25) is 14.6 Å². The Hall–Kier alpha value is -3.78. The Labute approximate surface area is 204 Å². The van der Waals surface area contributed by atoms with Crippen LogP contribution in [-0.4, -0.2) is 59.0 Å². The van der Waals surface area contributed by atoms with E-state index in [2.05, 4.69) is 28.3 Å². The number of carbonyl (C=O) groups excluding carboxylic acids is 2. The molecule has 1 saturated heterocycles. The molecule has 2 atom stereocenters. The van der Waals surface area contributed by atoms with E-state index >= 15 is 0 Å². The molecule has 0 unspecified atom stereocenters. The zero-order valence-corrected chi connectivity index (χ0v) is 20.0. The van der Waals surface area contributed by atoms with E-state index < -0.39 is 0 Å². The van der Waals surface area contributed by atoms with Gasteiger partial charge < -0.3 is 19.9 Å². The summed E-state index contributed by atoms with van der Waals surface area (Å²) < 4.78 is 5.34. The van der Waals surface area contributed by atoms with Gasteiger partial charge in [-0.1, -0.05) is 12.1 Å². The normalized spacial score (nSPS) is 19.7. The Morgan fingerprint density at radius 1 is 1.06 bits per heavy atom. The number of amides is 2. The molecular formula is C27H29N5O3. The largest absolute Gasteiger partial charge is 0.378 e. The highest BCUT2D eigenvalue weighted by atomic mass is 16.5. The highest BCUT2D eigenvalue weighted by Crippen LogP contribution is 2.40. The molecular weight excluding hydrogens is 442 g/mol. The summed E-state index contributed by atoms with van der Waals surface area (Å²) in [7, 11) is 0. The molecule has 2 aliphatic rings. The van der Waals surface area contributed by atoms with Gasteiger partial charge in [-0.15, -0.1) is 0 Å². The fraction of sp³-hybridized carbons (Fsp3) is 0.333. The molecule has 2 aromatic heterocycles. The Balaban J connectivity index is 1.45. The van der Waals surface area contributed by atoms with Crippen LogP contribution >= 0.6 is 0 Å². The van der Waals surface area contributed by atoms with Crippen LogP contribution < -0.4 is 10.2 Å². The Kier molecular flexibility index (Phi) is 6.46. The molecule has 1 N–H and O–H groups in total. The molecule has 0 bridgehead atoms. The van der Waals surface area contributed by atoms with Crippen LogP contribution in [0.2, 0.25) is 0 Å². The van der Waals surface area contributed by atoms with Crippen LogP contribution in [-0.2, 0) is 9.53 Å². The lowest BCUT2D eigenvalue weighted by Crippen LogP contribution is -2.43. The van der Waals surface area contributed by atoms with Crippen molar-refractivity contribution in [2.45, 2.75) is 32.4 Å². The molecule has 0 spiro atoms. The number of carbonyl (C=O) groups is 2. The molecule has 2 aliphatic heterocycles.